The van der Waals surface area contributed by atoms with Crippen LogP contribution in [0, 0.1) is 6.92 Å². The number of hydrogen-bond donors (Lipinski definition) is 3. The van der Waals surface area contributed by atoms with E-state index in [9.17, 15) is 9.90 Å². The Labute approximate surface area is 99.7 Å². The third kappa shape index (κ3) is 2.11. The molecule has 1 aromatic heterocycles. The number of phenolic OH excluding ortho intramolecular Hbond substituents is 1. The lowest BCUT2D eigenvalue weighted by molar-refractivity contribution is 0.0938. The molecule has 0 saturated carbocycles. The predicted octanol–water partition coefficient (Wildman–Crippen LogP) is 2.32. The summed E-state index contributed by atoms with van der Waals surface area (Å²) in [6, 6.07) is 5.13. The minimum Gasteiger partial charge on any atom is -0.508 e. The number of rotatable bonds is 2. The van der Waals surface area contributed by atoms with Gasteiger partial charge >= 0.3 is 0 Å². The Morgan fingerprint density at radius 3 is 2.76 bits per heavy atom. The SMILES string of the molecule is Cc1c(C(=O)NC(C)C)[nH]c2ccc(O)cc12. The van der Waals surface area contributed by atoms with Crippen molar-refractivity contribution >= 4 is 16.8 Å². The quantitative estimate of drug-likeness (QED) is 0.744. The predicted molar refractivity (Wildman–Crippen MR) is 67.3 cm³/mol. The second kappa shape index (κ2) is 4.13. The topological polar surface area (TPSA) is 65.1 Å². The van der Waals surface area contributed by atoms with E-state index < -0.39 is 0 Å². The van der Waals surface area contributed by atoms with Gasteiger partial charge < -0.3 is 15.4 Å². The number of benzene rings is 1. The summed E-state index contributed by atoms with van der Waals surface area (Å²) in [5, 5.41) is 13.2. The minimum absolute atomic E-state index is 0.0988. The average Bonchev–Trinajstić information content (AvgIpc) is 2.55. The number of aromatic amines is 1. The molecule has 1 amide bonds. The van der Waals surface area contributed by atoms with Gasteiger partial charge in [0.05, 0.1) is 0 Å². The highest BCUT2D eigenvalue weighted by atomic mass is 16.3. The summed E-state index contributed by atoms with van der Waals surface area (Å²) in [4.78, 5) is 15.0. The van der Waals surface area contributed by atoms with Gasteiger partial charge in [0.25, 0.3) is 5.91 Å². The number of amides is 1. The second-order valence-corrected chi connectivity index (χ2v) is 4.48. The molecule has 0 saturated heterocycles. The maximum Gasteiger partial charge on any atom is 0.268 e. The summed E-state index contributed by atoms with van der Waals surface area (Å²) < 4.78 is 0. The maximum atomic E-state index is 11.9. The van der Waals surface area contributed by atoms with Crippen LogP contribution in [0.3, 0.4) is 0 Å². The van der Waals surface area contributed by atoms with Gasteiger partial charge in [-0.1, -0.05) is 0 Å². The van der Waals surface area contributed by atoms with Crippen LogP contribution < -0.4 is 5.32 Å². The number of aromatic nitrogens is 1. The standard InChI is InChI=1S/C13H16N2O2/c1-7(2)14-13(17)12-8(3)10-6-9(16)4-5-11(10)15-12/h4-7,15-16H,1-3H3,(H,14,17). The van der Waals surface area contributed by atoms with Crippen molar-refractivity contribution in [2.45, 2.75) is 26.8 Å². The minimum atomic E-state index is -0.117. The van der Waals surface area contributed by atoms with Crippen molar-refractivity contribution in [2.24, 2.45) is 0 Å². The molecule has 1 aromatic carbocycles. The lowest BCUT2D eigenvalue weighted by atomic mass is 10.1. The molecule has 0 fully saturated rings. The van der Waals surface area contributed by atoms with Crippen LogP contribution in [-0.4, -0.2) is 22.0 Å². The number of nitrogens with one attached hydrogen (secondary N) is 2. The molecule has 0 unspecified atom stereocenters. The van der Waals surface area contributed by atoms with Gasteiger partial charge in [-0.25, -0.2) is 0 Å². The number of aromatic hydroxyl groups is 1. The molecule has 0 aliphatic heterocycles. The number of carbonyl (C=O) groups is 1. The van der Waals surface area contributed by atoms with Crippen molar-refractivity contribution < 1.29 is 9.90 Å². The van der Waals surface area contributed by atoms with Crippen molar-refractivity contribution in [1.29, 1.82) is 0 Å². The first-order chi connectivity index (χ1) is 7.99. The highest BCUT2D eigenvalue weighted by molar-refractivity contribution is 6.01. The largest absolute Gasteiger partial charge is 0.508 e. The molecule has 17 heavy (non-hydrogen) atoms. The third-order valence-corrected chi connectivity index (χ3v) is 2.69. The molecule has 2 rings (SSSR count). The lowest BCUT2D eigenvalue weighted by Gasteiger charge is -2.07. The summed E-state index contributed by atoms with van der Waals surface area (Å²) in [5.74, 6) is 0.0867. The van der Waals surface area contributed by atoms with Crippen LogP contribution in [0.15, 0.2) is 18.2 Å². The molecule has 0 radical (unpaired) electrons. The summed E-state index contributed by atoms with van der Waals surface area (Å²) in [7, 11) is 0. The van der Waals surface area contributed by atoms with Crippen LogP contribution in [0.5, 0.6) is 5.75 Å². The summed E-state index contributed by atoms with van der Waals surface area (Å²) in [6.45, 7) is 5.71. The molecule has 0 aliphatic carbocycles. The molecule has 0 spiro atoms. The first-order valence-electron chi connectivity index (χ1n) is 5.61. The van der Waals surface area contributed by atoms with E-state index in [1.54, 1.807) is 18.2 Å². The number of hydrogen-bond acceptors (Lipinski definition) is 2. The second-order valence-electron chi connectivity index (χ2n) is 4.48. The van der Waals surface area contributed by atoms with Crippen molar-refractivity contribution in [3.05, 3.63) is 29.5 Å². The zero-order valence-electron chi connectivity index (χ0n) is 10.2. The zero-order valence-corrected chi connectivity index (χ0v) is 10.2. The van der Waals surface area contributed by atoms with Crippen LogP contribution in [-0.2, 0) is 0 Å². The van der Waals surface area contributed by atoms with Gasteiger partial charge in [0, 0.05) is 16.9 Å². The maximum absolute atomic E-state index is 11.9. The number of fused-ring (bicyclic) bond motifs is 1. The van der Waals surface area contributed by atoms with E-state index in [4.69, 9.17) is 0 Å². The molecule has 4 heteroatoms. The highest BCUT2D eigenvalue weighted by Crippen LogP contribution is 2.25. The van der Waals surface area contributed by atoms with Gasteiger partial charge in [0.1, 0.15) is 11.4 Å². The monoisotopic (exact) mass is 232 g/mol. The van der Waals surface area contributed by atoms with E-state index in [0.717, 1.165) is 16.5 Å². The lowest BCUT2D eigenvalue weighted by Crippen LogP contribution is -2.30. The Hall–Kier alpha value is -1.97. The van der Waals surface area contributed by atoms with E-state index in [-0.39, 0.29) is 17.7 Å². The van der Waals surface area contributed by atoms with E-state index >= 15 is 0 Å². The first-order valence-corrected chi connectivity index (χ1v) is 5.61. The molecular formula is C13H16N2O2. The van der Waals surface area contributed by atoms with Crippen molar-refractivity contribution in [3.8, 4) is 5.75 Å². The molecule has 2 aromatic rings. The van der Waals surface area contributed by atoms with Gasteiger partial charge in [-0.15, -0.1) is 0 Å². The van der Waals surface area contributed by atoms with Crippen LogP contribution in [0.1, 0.15) is 29.9 Å². The van der Waals surface area contributed by atoms with E-state index in [0.29, 0.717) is 5.69 Å². The number of carbonyl (C=O) groups excluding carboxylic acids is 1. The Balaban J connectivity index is 2.49. The van der Waals surface area contributed by atoms with Crippen molar-refractivity contribution in [2.75, 3.05) is 0 Å². The molecule has 90 valence electrons. The first kappa shape index (κ1) is 11.5. The van der Waals surface area contributed by atoms with E-state index in [2.05, 4.69) is 10.3 Å². The fourth-order valence-electron chi connectivity index (χ4n) is 1.88. The molecule has 1 heterocycles. The van der Waals surface area contributed by atoms with Crippen LogP contribution in [0.25, 0.3) is 10.9 Å². The fourth-order valence-corrected chi connectivity index (χ4v) is 1.88. The molecular weight excluding hydrogens is 216 g/mol. The fraction of sp³-hybridized carbons (Fsp3) is 0.308. The third-order valence-electron chi connectivity index (χ3n) is 2.69. The Morgan fingerprint density at radius 2 is 2.12 bits per heavy atom. The molecule has 0 aliphatic rings. The number of aryl methyl sites for hydroxylation is 1. The Morgan fingerprint density at radius 1 is 1.41 bits per heavy atom. The summed E-state index contributed by atoms with van der Waals surface area (Å²) in [6.07, 6.45) is 0. The van der Waals surface area contributed by atoms with Gasteiger partial charge in [-0.3, -0.25) is 4.79 Å². The number of H-pyrrole nitrogens is 1. The summed E-state index contributed by atoms with van der Waals surface area (Å²) >= 11 is 0. The smallest absolute Gasteiger partial charge is 0.268 e. The van der Waals surface area contributed by atoms with Gasteiger partial charge in [0.15, 0.2) is 0 Å². The average molecular weight is 232 g/mol. The van der Waals surface area contributed by atoms with Crippen molar-refractivity contribution in [3.63, 3.8) is 0 Å². The highest BCUT2D eigenvalue weighted by Gasteiger charge is 2.15. The van der Waals surface area contributed by atoms with E-state index in [1.165, 1.54) is 0 Å². The molecule has 3 N–H and O–H groups in total. The van der Waals surface area contributed by atoms with E-state index in [1.807, 2.05) is 20.8 Å². The molecule has 0 bridgehead atoms. The summed E-state index contributed by atoms with van der Waals surface area (Å²) in [5.41, 5.74) is 2.27. The van der Waals surface area contributed by atoms with Gasteiger partial charge in [-0.2, -0.15) is 0 Å². The Bertz CT molecular complexity index is 570. The zero-order chi connectivity index (χ0) is 12.6. The van der Waals surface area contributed by atoms with Gasteiger partial charge in [-0.05, 0) is 44.5 Å². The molecule has 0 atom stereocenters. The van der Waals surface area contributed by atoms with Crippen LogP contribution >= 0.6 is 0 Å². The normalized spacial score (nSPS) is 11.1. The van der Waals surface area contributed by atoms with Crippen LogP contribution in [0.4, 0.5) is 0 Å². The van der Waals surface area contributed by atoms with Crippen LogP contribution in [0.2, 0.25) is 0 Å². The molecule has 4 nitrogen and oxygen atoms in total. The van der Waals surface area contributed by atoms with Crippen molar-refractivity contribution in [1.82, 2.24) is 10.3 Å². The number of phenols is 1. The van der Waals surface area contributed by atoms with Gasteiger partial charge in [0.2, 0.25) is 0 Å². The Kier molecular flexibility index (Phi) is 2.79.